The van der Waals surface area contributed by atoms with Gasteiger partial charge in [0.15, 0.2) is 0 Å². The number of benzene rings is 9. The van der Waals surface area contributed by atoms with Crippen LogP contribution in [0.3, 0.4) is 0 Å². The molecule has 0 spiro atoms. The fraction of sp³-hybridized carbons (Fsp3) is 0.0566. The van der Waals surface area contributed by atoms with Gasteiger partial charge in [0.25, 0.3) is 0 Å². The number of rotatable bonds is 4. The summed E-state index contributed by atoms with van der Waals surface area (Å²) in [6.07, 6.45) is 0. The second-order valence-corrected chi connectivity index (χ2v) is 15.2. The third-order valence-electron chi connectivity index (χ3n) is 11.9. The third-order valence-corrected chi connectivity index (χ3v) is 11.9. The highest BCUT2D eigenvalue weighted by atomic mass is 16.3. The first-order valence-electron chi connectivity index (χ1n) is 18.8. The summed E-state index contributed by atoms with van der Waals surface area (Å²) in [5.74, 6) is 0. The Morgan fingerprint density at radius 3 is 1.61 bits per heavy atom. The molecule has 1 aliphatic carbocycles. The van der Waals surface area contributed by atoms with Crippen molar-refractivity contribution in [2.75, 3.05) is 0 Å². The van der Waals surface area contributed by atoms with E-state index in [4.69, 9.17) is 4.42 Å². The lowest BCUT2D eigenvalue weighted by atomic mass is 9.81. The van der Waals surface area contributed by atoms with Crippen molar-refractivity contribution in [2.45, 2.75) is 19.3 Å². The van der Waals surface area contributed by atoms with Gasteiger partial charge in [-0.05, 0) is 119 Å². The zero-order chi connectivity index (χ0) is 36.0. The molecule has 1 heteroatoms. The number of para-hydroxylation sites is 1. The van der Waals surface area contributed by atoms with Crippen molar-refractivity contribution in [3.63, 3.8) is 0 Å². The average Bonchev–Trinajstić information content (AvgIpc) is 3.72. The second kappa shape index (κ2) is 11.7. The van der Waals surface area contributed by atoms with Crippen molar-refractivity contribution in [1.29, 1.82) is 0 Å². The summed E-state index contributed by atoms with van der Waals surface area (Å²) in [4.78, 5) is 0. The molecule has 9 aromatic carbocycles. The molecular weight excluding hydrogens is 653 g/mol. The first-order valence-corrected chi connectivity index (χ1v) is 18.8. The smallest absolute Gasteiger partial charge is 0.136 e. The number of fused-ring (bicyclic) bond motifs is 8. The van der Waals surface area contributed by atoms with E-state index in [2.05, 4.69) is 190 Å². The lowest BCUT2D eigenvalue weighted by Gasteiger charge is -2.22. The predicted molar refractivity (Wildman–Crippen MR) is 228 cm³/mol. The van der Waals surface area contributed by atoms with E-state index >= 15 is 0 Å². The van der Waals surface area contributed by atoms with Crippen molar-refractivity contribution < 1.29 is 4.42 Å². The molecule has 0 atom stereocenters. The molecule has 0 saturated carbocycles. The summed E-state index contributed by atoms with van der Waals surface area (Å²) >= 11 is 0. The Balaban J connectivity index is 1.20. The molecule has 1 aromatic heterocycles. The highest BCUT2D eigenvalue weighted by Gasteiger charge is 2.35. The first kappa shape index (κ1) is 30.9. The molecule has 54 heavy (non-hydrogen) atoms. The van der Waals surface area contributed by atoms with E-state index in [1.165, 1.54) is 88.3 Å². The summed E-state index contributed by atoms with van der Waals surface area (Å²) in [7, 11) is 0. The quantitative estimate of drug-likeness (QED) is 0.168. The van der Waals surface area contributed by atoms with Crippen LogP contribution < -0.4 is 0 Å². The van der Waals surface area contributed by atoms with Gasteiger partial charge in [-0.3, -0.25) is 0 Å². The van der Waals surface area contributed by atoms with E-state index in [1.54, 1.807) is 0 Å². The summed E-state index contributed by atoms with van der Waals surface area (Å²) < 4.78 is 6.33. The Kier molecular flexibility index (Phi) is 6.66. The zero-order valence-corrected chi connectivity index (χ0v) is 30.2. The van der Waals surface area contributed by atoms with Crippen molar-refractivity contribution >= 4 is 43.5 Å². The van der Waals surface area contributed by atoms with Crippen LogP contribution in [0.2, 0.25) is 0 Å². The minimum atomic E-state index is -0.0601. The third kappa shape index (κ3) is 4.52. The molecule has 1 aliphatic rings. The number of hydrogen-bond acceptors (Lipinski definition) is 1. The van der Waals surface area contributed by atoms with Gasteiger partial charge in [-0.1, -0.05) is 166 Å². The molecule has 0 N–H and O–H groups in total. The lowest BCUT2D eigenvalue weighted by Crippen LogP contribution is -2.14. The van der Waals surface area contributed by atoms with E-state index in [0.717, 1.165) is 21.9 Å². The van der Waals surface area contributed by atoms with Crippen LogP contribution in [0.25, 0.3) is 99.1 Å². The normalized spacial score (nSPS) is 13.1. The van der Waals surface area contributed by atoms with Crippen molar-refractivity contribution in [3.05, 3.63) is 193 Å². The van der Waals surface area contributed by atoms with Gasteiger partial charge < -0.3 is 4.42 Å². The van der Waals surface area contributed by atoms with Gasteiger partial charge in [0.1, 0.15) is 11.2 Å². The molecule has 0 saturated heterocycles. The fourth-order valence-corrected chi connectivity index (χ4v) is 9.31. The first-order chi connectivity index (χ1) is 26.5. The van der Waals surface area contributed by atoms with Crippen LogP contribution in [0.1, 0.15) is 25.0 Å². The van der Waals surface area contributed by atoms with Crippen LogP contribution >= 0.6 is 0 Å². The van der Waals surface area contributed by atoms with Gasteiger partial charge in [-0.2, -0.15) is 0 Å². The Labute approximate surface area is 314 Å². The Morgan fingerprint density at radius 2 is 0.870 bits per heavy atom. The minimum Gasteiger partial charge on any atom is -0.456 e. The van der Waals surface area contributed by atoms with Gasteiger partial charge in [-0.25, -0.2) is 0 Å². The van der Waals surface area contributed by atoms with E-state index in [9.17, 15) is 0 Å². The molecule has 10 aromatic rings. The molecule has 254 valence electrons. The van der Waals surface area contributed by atoms with Gasteiger partial charge in [-0.15, -0.1) is 0 Å². The molecule has 1 heterocycles. The average molecular weight is 689 g/mol. The SMILES string of the molecule is CC1(C)c2ccccc2-c2ccc(-c3ccc4c(-c5ccccc5)c5cc(-c6cccc7oc8ccccc8c67)ccc5c(-c5ccccc5)c4c3)cc21. The van der Waals surface area contributed by atoms with Crippen LogP contribution in [-0.2, 0) is 5.41 Å². The molecule has 11 rings (SSSR count). The van der Waals surface area contributed by atoms with Crippen LogP contribution in [0.5, 0.6) is 0 Å². The number of furan rings is 1. The molecule has 0 amide bonds. The topological polar surface area (TPSA) is 13.1 Å². The van der Waals surface area contributed by atoms with E-state index in [0.29, 0.717) is 0 Å². The number of hydrogen-bond donors (Lipinski definition) is 0. The van der Waals surface area contributed by atoms with Gasteiger partial charge >= 0.3 is 0 Å². The van der Waals surface area contributed by atoms with Crippen molar-refractivity contribution in [2.24, 2.45) is 0 Å². The van der Waals surface area contributed by atoms with E-state index < -0.39 is 0 Å². The maximum Gasteiger partial charge on any atom is 0.136 e. The van der Waals surface area contributed by atoms with E-state index in [-0.39, 0.29) is 5.41 Å². The second-order valence-electron chi connectivity index (χ2n) is 15.2. The maximum absolute atomic E-state index is 6.33. The highest BCUT2D eigenvalue weighted by Crippen LogP contribution is 2.51. The summed E-state index contributed by atoms with van der Waals surface area (Å²) in [5, 5.41) is 7.27. The van der Waals surface area contributed by atoms with E-state index in [1.807, 2.05) is 6.07 Å². The molecule has 0 radical (unpaired) electrons. The predicted octanol–water partition coefficient (Wildman–Crippen LogP) is 14.9. The Morgan fingerprint density at radius 1 is 0.333 bits per heavy atom. The fourth-order valence-electron chi connectivity index (χ4n) is 9.31. The summed E-state index contributed by atoms with van der Waals surface area (Å²) in [6, 6.07) is 66.8. The largest absolute Gasteiger partial charge is 0.456 e. The van der Waals surface area contributed by atoms with Crippen molar-refractivity contribution in [3.8, 4) is 55.6 Å². The molecule has 0 aliphatic heterocycles. The molecular formula is C53H36O. The highest BCUT2D eigenvalue weighted by molar-refractivity contribution is 6.23. The molecule has 1 nitrogen and oxygen atoms in total. The van der Waals surface area contributed by atoms with Gasteiger partial charge in [0.2, 0.25) is 0 Å². The summed E-state index contributed by atoms with van der Waals surface area (Å²) in [5.41, 5.74) is 17.0. The zero-order valence-electron chi connectivity index (χ0n) is 30.2. The van der Waals surface area contributed by atoms with Crippen LogP contribution in [0.15, 0.2) is 186 Å². The maximum atomic E-state index is 6.33. The Bertz CT molecular complexity index is 3110. The van der Waals surface area contributed by atoms with Gasteiger partial charge in [0.05, 0.1) is 0 Å². The monoisotopic (exact) mass is 688 g/mol. The molecule has 0 fully saturated rings. The van der Waals surface area contributed by atoms with Crippen molar-refractivity contribution in [1.82, 2.24) is 0 Å². The molecule has 0 bridgehead atoms. The standard InChI is InChI=1S/C53H36O/c1-53(2)46-21-11-9-18-39(46)40-27-24-36(32-47(40)53)35-25-28-41-44(30-35)50(33-14-5-3-6-15-33)42-29-26-37(31-45(42)51(41)34-16-7-4-8-17-34)38-20-13-23-49-52(38)43-19-10-12-22-48(43)54-49/h3-32H,1-2H3. The minimum absolute atomic E-state index is 0.0601. The summed E-state index contributed by atoms with van der Waals surface area (Å²) in [6.45, 7) is 4.72. The van der Waals surface area contributed by atoms with Crippen LogP contribution in [0, 0.1) is 0 Å². The lowest BCUT2D eigenvalue weighted by molar-refractivity contribution is 0.660. The van der Waals surface area contributed by atoms with Crippen LogP contribution in [0.4, 0.5) is 0 Å². The Hall–Kier alpha value is -6.70. The van der Waals surface area contributed by atoms with Gasteiger partial charge in [0, 0.05) is 16.2 Å². The molecule has 0 unspecified atom stereocenters. The van der Waals surface area contributed by atoms with Crippen LogP contribution in [-0.4, -0.2) is 0 Å².